The highest BCUT2D eigenvalue weighted by Crippen LogP contribution is 2.49. The van der Waals surface area contributed by atoms with E-state index in [1.165, 1.54) is 47.2 Å². The lowest BCUT2D eigenvalue weighted by molar-refractivity contribution is 0.0932. The number of rotatable bonds is 3. The molecule has 3 aliphatic rings. The zero-order valence-corrected chi connectivity index (χ0v) is 19.6. The van der Waals surface area contributed by atoms with Gasteiger partial charge < -0.3 is 15.4 Å². The Kier molecular flexibility index (Phi) is 4.92. The molecule has 0 unspecified atom stereocenters. The van der Waals surface area contributed by atoms with Gasteiger partial charge in [0, 0.05) is 29.0 Å². The van der Waals surface area contributed by atoms with E-state index in [-0.39, 0.29) is 39.7 Å². The molecule has 2 aromatic carbocycles. The van der Waals surface area contributed by atoms with Gasteiger partial charge in [-0.3, -0.25) is 9.69 Å². The average Bonchev–Trinajstić information content (AvgIpc) is 3.54. The molecule has 10 heteroatoms. The van der Waals surface area contributed by atoms with Crippen LogP contribution in [0.1, 0.15) is 34.3 Å². The lowest BCUT2D eigenvalue weighted by Crippen LogP contribution is -2.39. The van der Waals surface area contributed by atoms with Crippen LogP contribution in [0.5, 0.6) is 5.88 Å². The van der Waals surface area contributed by atoms with Gasteiger partial charge in [0.2, 0.25) is 11.8 Å². The Morgan fingerprint density at radius 2 is 1.91 bits per heavy atom. The number of hydrogen-bond donors (Lipinski definition) is 2. The summed E-state index contributed by atoms with van der Waals surface area (Å²) < 4.78 is 5.76. The van der Waals surface area contributed by atoms with Crippen LogP contribution in [-0.4, -0.2) is 29.2 Å². The Morgan fingerprint density at radius 1 is 1.12 bits per heavy atom. The minimum atomic E-state index is -0.357. The SMILES string of the molecule is O=C1c2cnc(Nc3ccc4c(c3)CCNC43CC3)nc2OCN1c1c(Cl)cc(Cl)cc1Cl. The molecule has 1 aliphatic carbocycles. The van der Waals surface area contributed by atoms with Crippen LogP contribution in [0, 0.1) is 0 Å². The molecular formula is C23H18Cl3N5O2. The van der Waals surface area contributed by atoms with Crippen LogP contribution in [0.25, 0.3) is 0 Å². The fourth-order valence-corrected chi connectivity index (χ4v) is 5.57. The first-order chi connectivity index (χ1) is 15.9. The quantitative estimate of drug-likeness (QED) is 0.505. The van der Waals surface area contributed by atoms with Gasteiger partial charge in [0.25, 0.3) is 5.91 Å². The van der Waals surface area contributed by atoms with Crippen LogP contribution in [-0.2, 0) is 12.0 Å². The number of aromatic nitrogens is 2. The standard InChI is InChI=1S/C23H18Cl3N5O2/c24-13-8-17(25)19(18(26)9-13)31-11-33-20-15(21(31)32)10-27-22(30-20)29-14-1-2-16-12(7-14)3-6-28-23(16)4-5-23/h1-2,7-10,28H,3-6,11H2,(H,27,29,30). The maximum absolute atomic E-state index is 13.1. The summed E-state index contributed by atoms with van der Waals surface area (Å²) >= 11 is 18.6. The molecule has 0 saturated heterocycles. The van der Waals surface area contributed by atoms with E-state index in [4.69, 9.17) is 39.5 Å². The predicted molar refractivity (Wildman–Crippen MR) is 128 cm³/mol. The van der Waals surface area contributed by atoms with Gasteiger partial charge in [-0.15, -0.1) is 0 Å². The zero-order valence-electron chi connectivity index (χ0n) is 17.3. The van der Waals surface area contributed by atoms with Crippen LogP contribution in [0.2, 0.25) is 15.1 Å². The molecular weight excluding hydrogens is 485 g/mol. The Labute approximate surface area is 205 Å². The second-order valence-corrected chi connectivity index (χ2v) is 9.64. The van der Waals surface area contributed by atoms with E-state index in [1.807, 2.05) is 6.07 Å². The van der Waals surface area contributed by atoms with Crippen molar-refractivity contribution in [1.82, 2.24) is 15.3 Å². The summed E-state index contributed by atoms with van der Waals surface area (Å²) in [5, 5.41) is 7.75. The number of halogens is 3. The fraction of sp³-hybridized carbons (Fsp3) is 0.261. The summed E-state index contributed by atoms with van der Waals surface area (Å²) in [5.41, 5.74) is 4.37. The lowest BCUT2D eigenvalue weighted by Gasteiger charge is -2.29. The Morgan fingerprint density at radius 3 is 2.67 bits per heavy atom. The van der Waals surface area contributed by atoms with Crippen molar-refractivity contribution in [2.24, 2.45) is 0 Å². The van der Waals surface area contributed by atoms with E-state index in [2.05, 4.69) is 32.7 Å². The fourth-order valence-electron chi connectivity index (χ4n) is 4.55. The topological polar surface area (TPSA) is 79.4 Å². The van der Waals surface area contributed by atoms with Gasteiger partial charge in [-0.1, -0.05) is 40.9 Å². The van der Waals surface area contributed by atoms with Crippen molar-refractivity contribution in [3.05, 3.63) is 68.3 Å². The van der Waals surface area contributed by atoms with Crippen LogP contribution in [0.3, 0.4) is 0 Å². The minimum Gasteiger partial charge on any atom is -0.455 e. The van der Waals surface area contributed by atoms with Gasteiger partial charge in [0.05, 0.1) is 15.7 Å². The monoisotopic (exact) mass is 501 g/mol. The van der Waals surface area contributed by atoms with Gasteiger partial charge >= 0.3 is 0 Å². The van der Waals surface area contributed by atoms with E-state index < -0.39 is 0 Å². The number of ether oxygens (including phenoxy) is 1. The summed E-state index contributed by atoms with van der Waals surface area (Å²) in [4.78, 5) is 23.2. The van der Waals surface area contributed by atoms with Crippen LogP contribution >= 0.6 is 34.8 Å². The largest absolute Gasteiger partial charge is 0.455 e. The number of amides is 1. The van der Waals surface area contributed by atoms with Gasteiger partial charge in [-0.05, 0) is 54.7 Å². The molecule has 1 saturated carbocycles. The number of benzene rings is 2. The normalized spacial score (nSPS) is 17.9. The number of nitrogens with one attached hydrogen (secondary N) is 2. The highest BCUT2D eigenvalue weighted by atomic mass is 35.5. The van der Waals surface area contributed by atoms with E-state index in [0.717, 1.165) is 18.7 Å². The van der Waals surface area contributed by atoms with Crippen LogP contribution < -0.4 is 20.3 Å². The molecule has 1 fully saturated rings. The molecule has 0 atom stereocenters. The first-order valence-corrected chi connectivity index (χ1v) is 11.7. The van der Waals surface area contributed by atoms with Gasteiger partial charge in [0.15, 0.2) is 6.73 Å². The molecule has 2 N–H and O–H groups in total. The molecule has 1 amide bonds. The minimum absolute atomic E-state index is 0.0860. The average molecular weight is 503 g/mol. The number of carbonyl (C=O) groups is 1. The summed E-state index contributed by atoms with van der Waals surface area (Å²) in [6.45, 7) is 0.900. The van der Waals surface area contributed by atoms with Crippen molar-refractivity contribution in [2.45, 2.75) is 24.8 Å². The van der Waals surface area contributed by atoms with E-state index in [9.17, 15) is 4.79 Å². The van der Waals surface area contributed by atoms with Gasteiger partial charge in [-0.25, -0.2) is 4.98 Å². The molecule has 3 aromatic rings. The Hall–Kier alpha value is -2.58. The highest BCUT2D eigenvalue weighted by molar-refractivity contribution is 6.42. The summed E-state index contributed by atoms with van der Waals surface area (Å²) in [7, 11) is 0. The highest BCUT2D eigenvalue weighted by Gasteiger charge is 2.46. The molecule has 1 aromatic heterocycles. The maximum Gasteiger partial charge on any atom is 0.268 e. The second kappa shape index (κ2) is 7.74. The third kappa shape index (κ3) is 3.60. The van der Waals surface area contributed by atoms with E-state index in [1.54, 1.807) is 0 Å². The number of anilines is 3. The van der Waals surface area contributed by atoms with Crippen molar-refractivity contribution in [1.29, 1.82) is 0 Å². The van der Waals surface area contributed by atoms with E-state index in [0.29, 0.717) is 16.7 Å². The van der Waals surface area contributed by atoms with Crippen molar-refractivity contribution in [2.75, 3.05) is 23.5 Å². The van der Waals surface area contributed by atoms with Crippen LogP contribution in [0.15, 0.2) is 36.5 Å². The molecule has 168 valence electrons. The summed E-state index contributed by atoms with van der Waals surface area (Å²) in [5.74, 6) is 0.201. The van der Waals surface area contributed by atoms with Crippen molar-refractivity contribution in [3.8, 4) is 5.88 Å². The third-order valence-electron chi connectivity index (χ3n) is 6.30. The molecule has 0 bridgehead atoms. The molecule has 1 spiro atoms. The van der Waals surface area contributed by atoms with Gasteiger partial charge in [-0.2, -0.15) is 4.98 Å². The summed E-state index contributed by atoms with van der Waals surface area (Å²) in [6.07, 6.45) is 4.81. The van der Waals surface area contributed by atoms with Gasteiger partial charge in [0.1, 0.15) is 5.56 Å². The molecule has 0 radical (unpaired) electrons. The zero-order chi connectivity index (χ0) is 22.7. The third-order valence-corrected chi connectivity index (χ3v) is 7.09. The maximum atomic E-state index is 13.1. The Balaban J connectivity index is 1.25. The first-order valence-electron chi connectivity index (χ1n) is 10.6. The molecule has 33 heavy (non-hydrogen) atoms. The number of fused-ring (bicyclic) bond motifs is 3. The molecule has 6 rings (SSSR count). The van der Waals surface area contributed by atoms with Crippen molar-refractivity contribution < 1.29 is 9.53 Å². The number of nitrogens with zero attached hydrogens (tertiary/aromatic N) is 3. The second-order valence-electron chi connectivity index (χ2n) is 8.39. The number of carbonyl (C=O) groups excluding carboxylic acids is 1. The van der Waals surface area contributed by atoms with Crippen molar-refractivity contribution in [3.63, 3.8) is 0 Å². The van der Waals surface area contributed by atoms with Crippen molar-refractivity contribution >= 4 is 58.0 Å². The first kappa shape index (κ1) is 21.0. The van der Waals surface area contributed by atoms with E-state index >= 15 is 0 Å². The summed E-state index contributed by atoms with van der Waals surface area (Å²) in [6, 6.07) is 9.41. The molecule has 7 nitrogen and oxygen atoms in total. The molecule has 3 heterocycles. The Bertz CT molecular complexity index is 1290. The number of hydrogen-bond acceptors (Lipinski definition) is 6. The molecule has 2 aliphatic heterocycles. The predicted octanol–water partition coefficient (Wildman–Crippen LogP) is 5.31. The lowest BCUT2D eigenvalue weighted by atomic mass is 9.92. The van der Waals surface area contributed by atoms with Crippen LogP contribution in [0.4, 0.5) is 17.3 Å². The smallest absolute Gasteiger partial charge is 0.268 e.